The molecule has 0 N–H and O–H groups in total. The molecule has 0 aromatic carbocycles. The molecule has 7 heavy (non-hydrogen) atoms. The monoisotopic (exact) mass is 98.1 g/mol. The van der Waals surface area contributed by atoms with Crippen LogP contribution >= 0.6 is 0 Å². The van der Waals surface area contributed by atoms with Crippen LogP contribution in [0.3, 0.4) is 0 Å². The molecule has 0 heterocycles. The van der Waals surface area contributed by atoms with E-state index < -0.39 is 0 Å². The van der Waals surface area contributed by atoms with Crippen LogP contribution in [-0.4, -0.2) is 7.11 Å². The van der Waals surface area contributed by atoms with Crippen LogP contribution in [0.2, 0.25) is 0 Å². The maximum Gasteiger partial charge on any atom is 0.0853 e. The van der Waals surface area contributed by atoms with Gasteiger partial charge in [-0.15, -0.1) is 0 Å². The third-order valence-corrected chi connectivity index (χ3v) is 0.626. The molecule has 0 rings (SSSR count). The highest BCUT2D eigenvalue weighted by Crippen LogP contribution is 1.89. The van der Waals surface area contributed by atoms with Gasteiger partial charge in [-0.1, -0.05) is 12.7 Å². The fraction of sp³-hybridized carbons (Fsp3) is 0.333. The molecule has 1 heteroatoms. The molecule has 40 valence electrons. The summed E-state index contributed by atoms with van der Waals surface area (Å²) in [6.45, 7) is 5.46. The van der Waals surface area contributed by atoms with Gasteiger partial charge in [0, 0.05) is 0 Å². The van der Waals surface area contributed by atoms with E-state index in [4.69, 9.17) is 0 Å². The number of ether oxygens (including phenoxy) is 1. The Labute approximate surface area is 44.3 Å². The second kappa shape index (κ2) is 3.47. The summed E-state index contributed by atoms with van der Waals surface area (Å²) in [6, 6.07) is 0. The highest BCUT2D eigenvalue weighted by Gasteiger charge is 1.72. The minimum absolute atomic E-state index is 1.04. The molecule has 0 bridgehead atoms. The van der Waals surface area contributed by atoms with Crippen molar-refractivity contribution < 1.29 is 4.74 Å². The lowest BCUT2D eigenvalue weighted by Crippen LogP contribution is -1.68. The third-order valence-electron chi connectivity index (χ3n) is 0.626. The van der Waals surface area contributed by atoms with Crippen LogP contribution in [0.5, 0.6) is 0 Å². The molecular formula is C6H10O. The molecule has 0 fully saturated rings. The van der Waals surface area contributed by atoms with Crippen molar-refractivity contribution in [1.82, 2.24) is 0 Å². The molecule has 0 aliphatic carbocycles. The minimum Gasteiger partial charge on any atom is -0.504 e. The van der Waals surface area contributed by atoms with E-state index in [1.54, 1.807) is 19.4 Å². The van der Waals surface area contributed by atoms with Crippen LogP contribution in [0.1, 0.15) is 6.92 Å². The van der Waals surface area contributed by atoms with E-state index in [0.717, 1.165) is 5.57 Å². The Bertz CT molecular complexity index is 82.2. The Kier molecular flexibility index (Phi) is 3.11. The van der Waals surface area contributed by atoms with Crippen LogP contribution in [0.25, 0.3) is 0 Å². The van der Waals surface area contributed by atoms with Gasteiger partial charge in [0.25, 0.3) is 0 Å². The first-order valence-electron chi connectivity index (χ1n) is 2.13. The molecule has 0 radical (unpaired) electrons. The van der Waals surface area contributed by atoms with Crippen LogP contribution in [-0.2, 0) is 4.74 Å². The highest BCUT2D eigenvalue weighted by atomic mass is 16.5. The Morgan fingerprint density at radius 1 is 1.71 bits per heavy atom. The van der Waals surface area contributed by atoms with Gasteiger partial charge in [0.2, 0.25) is 0 Å². The largest absolute Gasteiger partial charge is 0.504 e. The van der Waals surface area contributed by atoms with E-state index in [1.165, 1.54) is 0 Å². The number of hydrogen-bond acceptors (Lipinski definition) is 1. The van der Waals surface area contributed by atoms with E-state index in [9.17, 15) is 0 Å². The molecule has 1 nitrogen and oxygen atoms in total. The zero-order chi connectivity index (χ0) is 5.70. The number of allylic oxidation sites excluding steroid dienone is 2. The fourth-order valence-electron chi connectivity index (χ4n) is 0.234. The predicted octanol–water partition coefficient (Wildman–Crippen LogP) is 1.72. The zero-order valence-electron chi connectivity index (χ0n) is 4.77. The van der Waals surface area contributed by atoms with Crippen molar-refractivity contribution in [2.75, 3.05) is 7.11 Å². The second-order valence-electron chi connectivity index (χ2n) is 1.30. The molecule has 0 saturated heterocycles. The summed E-state index contributed by atoms with van der Waals surface area (Å²) in [5.41, 5.74) is 1.04. The van der Waals surface area contributed by atoms with E-state index >= 15 is 0 Å². The van der Waals surface area contributed by atoms with E-state index in [-0.39, 0.29) is 0 Å². The van der Waals surface area contributed by atoms with Crippen molar-refractivity contribution in [3.05, 3.63) is 24.5 Å². The van der Waals surface area contributed by atoms with Crippen molar-refractivity contribution >= 4 is 0 Å². The summed E-state index contributed by atoms with van der Waals surface area (Å²) in [7, 11) is 1.62. The molecular weight excluding hydrogens is 88.1 g/mol. The molecule has 0 unspecified atom stereocenters. The lowest BCUT2D eigenvalue weighted by molar-refractivity contribution is 0.335. The molecule has 0 amide bonds. The maximum atomic E-state index is 4.66. The Balaban J connectivity index is 3.49. The average molecular weight is 98.1 g/mol. The first-order chi connectivity index (χ1) is 3.31. The highest BCUT2D eigenvalue weighted by molar-refractivity contribution is 5.09. The summed E-state index contributed by atoms with van der Waals surface area (Å²) in [5.74, 6) is 0. The van der Waals surface area contributed by atoms with Crippen molar-refractivity contribution in [3.63, 3.8) is 0 Å². The van der Waals surface area contributed by atoms with Crippen molar-refractivity contribution in [1.29, 1.82) is 0 Å². The van der Waals surface area contributed by atoms with Gasteiger partial charge in [-0.05, 0) is 12.5 Å². The van der Waals surface area contributed by atoms with Gasteiger partial charge < -0.3 is 4.74 Å². The first-order valence-corrected chi connectivity index (χ1v) is 2.13. The van der Waals surface area contributed by atoms with Crippen molar-refractivity contribution in [2.45, 2.75) is 6.92 Å². The Hall–Kier alpha value is -0.720. The normalized spacial score (nSPS) is 10.9. The van der Waals surface area contributed by atoms with E-state index in [1.807, 2.05) is 6.92 Å². The molecule has 0 saturated carbocycles. The summed E-state index contributed by atoms with van der Waals surface area (Å²) >= 11 is 0. The van der Waals surface area contributed by atoms with Gasteiger partial charge >= 0.3 is 0 Å². The average Bonchev–Trinajstić information content (AvgIpc) is 1.68. The molecule has 0 spiro atoms. The molecule has 0 aliphatic rings. The van der Waals surface area contributed by atoms with Crippen LogP contribution in [0.15, 0.2) is 24.5 Å². The minimum atomic E-state index is 1.04. The smallest absolute Gasteiger partial charge is 0.0853 e. The quantitative estimate of drug-likeness (QED) is 0.377. The number of methoxy groups -OCH3 is 1. The van der Waals surface area contributed by atoms with Gasteiger partial charge in [0.1, 0.15) is 0 Å². The van der Waals surface area contributed by atoms with Crippen LogP contribution < -0.4 is 0 Å². The third kappa shape index (κ3) is 3.10. The van der Waals surface area contributed by atoms with Gasteiger partial charge in [-0.25, -0.2) is 0 Å². The van der Waals surface area contributed by atoms with Crippen molar-refractivity contribution in [3.8, 4) is 0 Å². The summed E-state index contributed by atoms with van der Waals surface area (Å²) in [6.07, 6.45) is 3.39. The fourth-order valence-corrected chi connectivity index (χ4v) is 0.234. The second-order valence-corrected chi connectivity index (χ2v) is 1.30. The molecule has 0 atom stereocenters. The number of rotatable bonds is 2. The first kappa shape index (κ1) is 6.28. The Morgan fingerprint density at radius 2 is 2.29 bits per heavy atom. The maximum absolute atomic E-state index is 4.66. The molecule has 0 aliphatic heterocycles. The van der Waals surface area contributed by atoms with Gasteiger partial charge in [0.05, 0.1) is 13.4 Å². The van der Waals surface area contributed by atoms with Crippen LogP contribution in [0, 0.1) is 0 Å². The Morgan fingerprint density at radius 3 is 2.43 bits per heavy atom. The SMILES string of the molecule is C=C/C(C)=C/OC. The van der Waals surface area contributed by atoms with Crippen LogP contribution in [0.4, 0.5) is 0 Å². The van der Waals surface area contributed by atoms with Gasteiger partial charge in [-0.3, -0.25) is 0 Å². The van der Waals surface area contributed by atoms with Crippen molar-refractivity contribution in [2.24, 2.45) is 0 Å². The summed E-state index contributed by atoms with van der Waals surface area (Å²) in [5, 5.41) is 0. The topological polar surface area (TPSA) is 9.23 Å². The van der Waals surface area contributed by atoms with E-state index in [0.29, 0.717) is 0 Å². The summed E-state index contributed by atoms with van der Waals surface area (Å²) in [4.78, 5) is 0. The number of hydrogen-bond donors (Lipinski definition) is 0. The molecule has 0 aromatic heterocycles. The summed E-state index contributed by atoms with van der Waals surface area (Å²) < 4.78 is 4.66. The van der Waals surface area contributed by atoms with Gasteiger partial charge in [0.15, 0.2) is 0 Å². The predicted molar refractivity (Wildman–Crippen MR) is 31.0 cm³/mol. The lowest BCUT2D eigenvalue weighted by atomic mass is 10.3. The lowest BCUT2D eigenvalue weighted by Gasteiger charge is -1.87. The molecule has 0 aromatic rings. The van der Waals surface area contributed by atoms with E-state index in [2.05, 4.69) is 11.3 Å². The zero-order valence-corrected chi connectivity index (χ0v) is 4.77. The standard InChI is InChI=1S/C6H10O/c1-4-6(2)5-7-3/h4-5H,1H2,2-3H3/b6-5+. The van der Waals surface area contributed by atoms with Gasteiger partial charge in [-0.2, -0.15) is 0 Å².